The zero-order valence-corrected chi connectivity index (χ0v) is 13.7. The Bertz CT molecular complexity index is 1010. The fraction of sp³-hybridized carbons (Fsp3) is 0.0526. The molecule has 4 rings (SSSR count). The third kappa shape index (κ3) is 3.36. The Morgan fingerprint density at radius 3 is 2.81 bits per heavy atom. The topological polar surface area (TPSA) is 85.8 Å². The van der Waals surface area contributed by atoms with Gasteiger partial charge in [0, 0.05) is 29.7 Å². The molecule has 0 aliphatic carbocycles. The Kier molecular flexibility index (Phi) is 4.26. The number of aromatic nitrogens is 4. The number of imidazole rings is 1. The van der Waals surface area contributed by atoms with Crippen LogP contribution in [0.5, 0.6) is 0 Å². The van der Waals surface area contributed by atoms with Gasteiger partial charge < -0.3 is 9.73 Å². The standard InChI is InChI=1S/C19H15N5O2/c25-19(15-6-7-21-17(10-15)24-9-8-20-13-24)23-12-18-22-11-16(26-18)14-4-2-1-3-5-14/h1-11,13H,12H2,(H,23,25). The molecule has 7 heteroatoms. The summed E-state index contributed by atoms with van der Waals surface area (Å²) in [6.45, 7) is 0.203. The van der Waals surface area contributed by atoms with Gasteiger partial charge >= 0.3 is 0 Å². The largest absolute Gasteiger partial charge is 0.439 e. The lowest BCUT2D eigenvalue weighted by atomic mass is 10.2. The highest BCUT2D eigenvalue weighted by Crippen LogP contribution is 2.19. The third-order valence-corrected chi connectivity index (χ3v) is 3.79. The first-order valence-corrected chi connectivity index (χ1v) is 8.02. The molecule has 0 radical (unpaired) electrons. The summed E-state index contributed by atoms with van der Waals surface area (Å²) in [6, 6.07) is 13.0. The molecule has 0 aliphatic rings. The number of rotatable bonds is 5. The van der Waals surface area contributed by atoms with Crippen LogP contribution in [0.1, 0.15) is 16.2 Å². The lowest BCUT2D eigenvalue weighted by molar-refractivity contribution is 0.0947. The molecular weight excluding hydrogens is 330 g/mol. The predicted octanol–water partition coefficient (Wildman–Crippen LogP) is 2.85. The summed E-state index contributed by atoms with van der Waals surface area (Å²) < 4.78 is 7.42. The van der Waals surface area contributed by atoms with Gasteiger partial charge in [0.1, 0.15) is 12.1 Å². The molecule has 26 heavy (non-hydrogen) atoms. The van der Waals surface area contributed by atoms with E-state index in [0.717, 1.165) is 5.56 Å². The Labute approximate surface area is 149 Å². The first kappa shape index (κ1) is 15.8. The van der Waals surface area contributed by atoms with E-state index < -0.39 is 0 Å². The number of hydrogen-bond acceptors (Lipinski definition) is 5. The minimum atomic E-state index is -0.228. The average Bonchev–Trinajstić information content (AvgIpc) is 3.39. The molecule has 0 spiro atoms. The van der Waals surface area contributed by atoms with Crippen molar-refractivity contribution in [1.29, 1.82) is 0 Å². The molecule has 1 aromatic carbocycles. The van der Waals surface area contributed by atoms with Gasteiger partial charge in [-0.2, -0.15) is 0 Å². The van der Waals surface area contributed by atoms with Crippen LogP contribution in [0.4, 0.5) is 0 Å². The molecule has 4 aromatic rings. The van der Waals surface area contributed by atoms with Gasteiger partial charge in [0.05, 0.1) is 12.7 Å². The zero-order chi connectivity index (χ0) is 17.8. The SMILES string of the molecule is O=C(NCc1ncc(-c2ccccc2)o1)c1ccnc(-n2ccnc2)c1. The Hall–Kier alpha value is -3.74. The molecule has 7 nitrogen and oxygen atoms in total. The van der Waals surface area contributed by atoms with Gasteiger partial charge in [-0.15, -0.1) is 0 Å². The highest BCUT2D eigenvalue weighted by Gasteiger charge is 2.10. The highest BCUT2D eigenvalue weighted by atomic mass is 16.4. The van der Waals surface area contributed by atoms with Crippen LogP contribution in [0.3, 0.4) is 0 Å². The number of amides is 1. The number of pyridine rings is 1. The molecule has 1 amide bonds. The molecule has 1 N–H and O–H groups in total. The van der Waals surface area contributed by atoms with Gasteiger partial charge in [-0.3, -0.25) is 9.36 Å². The Morgan fingerprint density at radius 2 is 2.00 bits per heavy atom. The molecule has 0 atom stereocenters. The molecule has 0 saturated carbocycles. The summed E-state index contributed by atoms with van der Waals surface area (Å²) in [5.74, 6) is 1.51. The van der Waals surface area contributed by atoms with Crippen molar-refractivity contribution in [2.45, 2.75) is 6.54 Å². The van der Waals surface area contributed by atoms with Gasteiger partial charge in [-0.25, -0.2) is 15.0 Å². The summed E-state index contributed by atoms with van der Waals surface area (Å²) in [7, 11) is 0. The van der Waals surface area contributed by atoms with Crippen LogP contribution in [0, 0.1) is 0 Å². The summed E-state index contributed by atoms with van der Waals surface area (Å²) in [5.41, 5.74) is 1.44. The van der Waals surface area contributed by atoms with Crippen molar-refractivity contribution in [2.24, 2.45) is 0 Å². The van der Waals surface area contributed by atoms with E-state index in [-0.39, 0.29) is 12.5 Å². The maximum atomic E-state index is 12.4. The Balaban J connectivity index is 1.43. The van der Waals surface area contributed by atoms with Crippen LogP contribution in [-0.2, 0) is 6.54 Å². The van der Waals surface area contributed by atoms with Crippen molar-refractivity contribution in [1.82, 2.24) is 24.8 Å². The van der Waals surface area contributed by atoms with E-state index in [1.54, 1.807) is 47.8 Å². The van der Waals surface area contributed by atoms with Crippen molar-refractivity contribution in [3.8, 4) is 17.1 Å². The lowest BCUT2D eigenvalue weighted by Gasteiger charge is -2.05. The van der Waals surface area contributed by atoms with Gasteiger partial charge in [0.15, 0.2) is 5.76 Å². The number of benzene rings is 1. The van der Waals surface area contributed by atoms with Crippen LogP contribution in [-0.4, -0.2) is 25.4 Å². The average molecular weight is 345 g/mol. The van der Waals surface area contributed by atoms with E-state index in [4.69, 9.17) is 4.42 Å². The summed E-state index contributed by atoms with van der Waals surface area (Å²) >= 11 is 0. The van der Waals surface area contributed by atoms with Crippen LogP contribution in [0.25, 0.3) is 17.1 Å². The fourth-order valence-corrected chi connectivity index (χ4v) is 2.48. The van der Waals surface area contributed by atoms with E-state index in [2.05, 4.69) is 20.3 Å². The highest BCUT2D eigenvalue weighted by molar-refractivity contribution is 5.94. The molecule has 0 aliphatic heterocycles. The van der Waals surface area contributed by atoms with E-state index in [1.807, 2.05) is 30.3 Å². The van der Waals surface area contributed by atoms with Gasteiger partial charge in [0.2, 0.25) is 5.89 Å². The Morgan fingerprint density at radius 1 is 1.12 bits per heavy atom. The molecule has 0 unspecified atom stereocenters. The number of oxazole rings is 1. The molecule has 3 heterocycles. The smallest absolute Gasteiger partial charge is 0.251 e. The van der Waals surface area contributed by atoms with E-state index in [0.29, 0.717) is 23.0 Å². The number of hydrogen-bond donors (Lipinski definition) is 1. The van der Waals surface area contributed by atoms with Gasteiger partial charge in [-0.05, 0) is 12.1 Å². The van der Waals surface area contributed by atoms with Crippen LogP contribution in [0.15, 0.2) is 78.0 Å². The second-order valence-electron chi connectivity index (χ2n) is 5.54. The first-order chi connectivity index (χ1) is 12.8. The maximum absolute atomic E-state index is 12.4. The monoisotopic (exact) mass is 345 g/mol. The van der Waals surface area contributed by atoms with Crippen LogP contribution in [0.2, 0.25) is 0 Å². The molecule has 0 bridgehead atoms. The summed E-state index contributed by atoms with van der Waals surface area (Å²) in [6.07, 6.45) is 8.29. The lowest BCUT2D eigenvalue weighted by Crippen LogP contribution is -2.23. The predicted molar refractivity (Wildman–Crippen MR) is 94.5 cm³/mol. The third-order valence-electron chi connectivity index (χ3n) is 3.79. The van der Waals surface area contributed by atoms with E-state index in [9.17, 15) is 4.79 Å². The van der Waals surface area contributed by atoms with Gasteiger partial charge in [0.25, 0.3) is 5.91 Å². The second kappa shape index (κ2) is 7.02. The minimum absolute atomic E-state index is 0.203. The summed E-state index contributed by atoms with van der Waals surface area (Å²) in [5, 5.41) is 2.80. The quantitative estimate of drug-likeness (QED) is 0.601. The van der Waals surface area contributed by atoms with Crippen molar-refractivity contribution in [3.05, 3.63) is 85.0 Å². The van der Waals surface area contributed by atoms with Crippen molar-refractivity contribution in [2.75, 3.05) is 0 Å². The normalized spacial score (nSPS) is 10.6. The maximum Gasteiger partial charge on any atom is 0.251 e. The first-order valence-electron chi connectivity index (χ1n) is 8.02. The molecule has 3 aromatic heterocycles. The van der Waals surface area contributed by atoms with Crippen LogP contribution < -0.4 is 5.32 Å². The minimum Gasteiger partial charge on any atom is -0.439 e. The van der Waals surface area contributed by atoms with Crippen molar-refractivity contribution < 1.29 is 9.21 Å². The van der Waals surface area contributed by atoms with Gasteiger partial charge in [-0.1, -0.05) is 30.3 Å². The number of carbonyl (C=O) groups excluding carboxylic acids is 1. The number of carbonyl (C=O) groups is 1. The van der Waals surface area contributed by atoms with E-state index in [1.165, 1.54) is 0 Å². The second-order valence-corrected chi connectivity index (χ2v) is 5.54. The zero-order valence-electron chi connectivity index (χ0n) is 13.7. The number of nitrogens with zero attached hydrogens (tertiary/aromatic N) is 4. The molecular formula is C19H15N5O2. The molecule has 128 valence electrons. The molecule has 0 saturated heterocycles. The van der Waals surface area contributed by atoms with Crippen molar-refractivity contribution in [3.63, 3.8) is 0 Å². The van der Waals surface area contributed by atoms with E-state index >= 15 is 0 Å². The summed E-state index contributed by atoms with van der Waals surface area (Å²) in [4.78, 5) is 24.8. The molecule has 0 fully saturated rings. The van der Waals surface area contributed by atoms with Crippen LogP contribution >= 0.6 is 0 Å². The van der Waals surface area contributed by atoms with Crippen molar-refractivity contribution >= 4 is 5.91 Å². The number of nitrogens with one attached hydrogen (secondary N) is 1. The fourth-order valence-electron chi connectivity index (χ4n) is 2.48.